The normalized spacial score (nSPS) is 11.8. The van der Waals surface area contributed by atoms with Gasteiger partial charge in [-0.15, -0.1) is 0 Å². The van der Waals surface area contributed by atoms with Gasteiger partial charge in [0.2, 0.25) is 5.78 Å². The minimum Gasteiger partial charge on any atom is -0.346 e. The number of anilines is 1. The van der Waals surface area contributed by atoms with Crippen molar-refractivity contribution in [2.75, 3.05) is 4.72 Å². The molecular formula is C20H13ClF3N5NaO3S. The van der Waals surface area contributed by atoms with E-state index in [-0.39, 0.29) is 46.6 Å². The maximum atomic E-state index is 13.2. The fourth-order valence-corrected chi connectivity index (χ4v) is 4.39. The molecule has 34 heavy (non-hydrogen) atoms. The van der Waals surface area contributed by atoms with Crippen LogP contribution in [0.5, 0.6) is 0 Å². The second-order valence-electron chi connectivity index (χ2n) is 6.95. The number of H-pyrrole nitrogens is 1. The van der Waals surface area contributed by atoms with Crippen LogP contribution >= 0.6 is 11.6 Å². The number of hydrogen-bond acceptors (Lipinski definition) is 6. The van der Waals surface area contributed by atoms with Gasteiger partial charge in [-0.2, -0.15) is 13.2 Å². The Morgan fingerprint density at radius 3 is 2.53 bits per heavy atom. The fraction of sp³-hybridized carbons (Fsp3) is 0.100. The number of nitrogens with zero attached hydrogens (tertiary/aromatic N) is 3. The molecular weight excluding hydrogens is 506 g/mol. The molecule has 0 fully saturated rings. The van der Waals surface area contributed by atoms with E-state index < -0.39 is 37.5 Å². The Bertz CT molecular complexity index is 1510. The predicted octanol–water partition coefficient (Wildman–Crippen LogP) is 3.98. The number of aromatic nitrogens is 4. The molecule has 3 aromatic heterocycles. The summed E-state index contributed by atoms with van der Waals surface area (Å²) in [6, 6.07) is 5.10. The number of halogens is 4. The number of nitrogens with one attached hydrogen (secondary N) is 2. The minimum absolute atomic E-state index is 0. The first-order valence-corrected chi connectivity index (χ1v) is 11.0. The number of carbonyl (C=O) groups excluding carboxylic acids is 1. The van der Waals surface area contributed by atoms with Gasteiger partial charge in [0.1, 0.15) is 23.4 Å². The molecule has 4 aromatic rings. The third-order valence-corrected chi connectivity index (χ3v) is 6.30. The predicted molar refractivity (Wildman–Crippen MR) is 119 cm³/mol. The summed E-state index contributed by atoms with van der Waals surface area (Å²) in [7, 11) is -4.54. The van der Waals surface area contributed by atoms with E-state index in [0.29, 0.717) is 22.7 Å². The van der Waals surface area contributed by atoms with Crippen LogP contribution in [0.15, 0.2) is 53.9 Å². The van der Waals surface area contributed by atoms with Crippen molar-refractivity contribution >= 4 is 73.7 Å². The number of fused-ring (bicyclic) bond motifs is 1. The van der Waals surface area contributed by atoms with E-state index >= 15 is 0 Å². The van der Waals surface area contributed by atoms with Crippen molar-refractivity contribution in [2.45, 2.75) is 18.0 Å². The van der Waals surface area contributed by atoms with Crippen LogP contribution in [0.4, 0.5) is 18.9 Å². The van der Waals surface area contributed by atoms with E-state index in [9.17, 15) is 26.4 Å². The molecule has 0 atom stereocenters. The molecule has 0 amide bonds. The molecule has 0 aliphatic heterocycles. The summed E-state index contributed by atoms with van der Waals surface area (Å²) in [5.74, 6) is -0.702. The minimum atomic E-state index is -4.86. The molecule has 0 spiro atoms. The molecule has 0 bridgehead atoms. The maximum Gasteiger partial charge on any atom is 0.417 e. The summed E-state index contributed by atoms with van der Waals surface area (Å²) in [6.45, 7) is 1.61. The van der Waals surface area contributed by atoms with Crippen LogP contribution in [-0.4, -0.2) is 63.7 Å². The first kappa shape index (κ1) is 26.1. The van der Waals surface area contributed by atoms with Gasteiger partial charge in [-0.3, -0.25) is 14.5 Å². The quantitative estimate of drug-likeness (QED) is 0.305. The van der Waals surface area contributed by atoms with E-state index in [1.165, 1.54) is 12.3 Å². The van der Waals surface area contributed by atoms with Crippen molar-refractivity contribution in [2.24, 2.45) is 0 Å². The maximum absolute atomic E-state index is 13.2. The smallest absolute Gasteiger partial charge is 0.346 e. The van der Waals surface area contributed by atoms with Crippen LogP contribution < -0.4 is 4.72 Å². The Morgan fingerprint density at radius 1 is 1.09 bits per heavy atom. The molecule has 3 heterocycles. The molecule has 1 aromatic carbocycles. The van der Waals surface area contributed by atoms with Gasteiger partial charge in [0.25, 0.3) is 10.0 Å². The van der Waals surface area contributed by atoms with Crippen LogP contribution in [0.3, 0.4) is 0 Å². The SMILES string of the molecule is Cc1cnc(C(=O)c2ncnc3[nH]ccc23)c(NS(=O)(=O)c2ccc(Cl)c(C(F)(F)F)c2)c1.[Na]. The molecule has 2 N–H and O–H groups in total. The first-order chi connectivity index (χ1) is 15.5. The van der Waals surface area contributed by atoms with Crippen molar-refractivity contribution in [1.29, 1.82) is 0 Å². The Kier molecular flexibility index (Phi) is 7.39. The topological polar surface area (TPSA) is 118 Å². The zero-order chi connectivity index (χ0) is 24.0. The van der Waals surface area contributed by atoms with Crippen LogP contribution in [0.2, 0.25) is 5.02 Å². The van der Waals surface area contributed by atoms with Gasteiger partial charge < -0.3 is 4.98 Å². The van der Waals surface area contributed by atoms with Crippen LogP contribution in [0.25, 0.3) is 11.0 Å². The zero-order valence-corrected chi connectivity index (χ0v) is 21.2. The number of ketones is 1. The molecule has 0 saturated carbocycles. The number of benzene rings is 1. The number of aryl methyl sites for hydroxylation is 1. The third kappa shape index (κ3) is 5.10. The molecule has 171 valence electrons. The molecule has 0 aliphatic rings. The van der Waals surface area contributed by atoms with Gasteiger partial charge in [-0.1, -0.05) is 11.6 Å². The van der Waals surface area contributed by atoms with Crippen molar-refractivity contribution in [1.82, 2.24) is 19.9 Å². The Balaban J connectivity index is 0.00000324. The van der Waals surface area contributed by atoms with E-state index in [2.05, 4.69) is 24.7 Å². The number of rotatable bonds is 5. The number of hydrogen-bond donors (Lipinski definition) is 2. The second-order valence-corrected chi connectivity index (χ2v) is 9.03. The number of carbonyl (C=O) groups is 1. The largest absolute Gasteiger partial charge is 0.417 e. The zero-order valence-electron chi connectivity index (χ0n) is 17.6. The summed E-state index contributed by atoms with van der Waals surface area (Å²) >= 11 is 5.58. The molecule has 1 radical (unpaired) electrons. The van der Waals surface area contributed by atoms with E-state index in [0.717, 1.165) is 18.5 Å². The van der Waals surface area contributed by atoms with Gasteiger partial charge in [-0.25, -0.2) is 18.4 Å². The Morgan fingerprint density at radius 2 is 1.82 bits per heavy atom. The molecule has 4 rings (SSSR count). The second kappa shape index (κ2) is 9.62. The summed E-state index contributed by atoms with van der Waals surface area (Å²) in [6.07, 6.45) is -0.786. The number of aromatic amines is 1. The van der Waals surface area contributed by atoms with Gasteiger partial charge in [0.05, 0.1) is 21.2 Å². The average Bonchev–Trinajstić information content (AvgIpc) is 3.21. The van der Waals surface area contributed by atoms with E-state index in [1.54, 1.807) is 19.2 Å². The molecule has 8 nitrogen and oxygen atoms in total. The van der Waals surface area contributed by atoms with Crippen LogP contribution in [0, 0.1) is 6.92 Å². The fourth-order valence-electron chi connectivity index (χ4n) is 3.09. The van der Waals surface area contributed by atoms with Crippen molar-refractivity contribution < 1.29 is 26.4 Å². The number of pyridine rings is 1. The van der Waals surface area contributed by atoms with Crippen LogP contribution in [0.1, 0.15) is 27.3 Å². The van der Waals surface area contributed by atoms with Gasteiger partial charge in [0.15, 0.2) is 0 Å². The average molecular weight is 519 g/mol. The number of sulfonamides is 1. The van der Waals surface area contributed by atoms with Crippen LogP contribution in [-0.2, 0) is 16.2 Å². The van der Waals surface area contributed by atoms with Gasteiger partial charge in [-0.05, 0) is 42.8 Å². The monoisotopic (exact) mass is 518 g/mol. The molecule has 0 saturated heterocycles. The molecule has 0 aliphatic carbocycles. The Hall–Kier alpha value is -2.51. The van der Waals surface area contributed by atoms with Gasteiger partial charge >= 0.3 is 6.18 Å². The van der Waals surface area contributed by atoms with E-state index in [1.807, 2.05) is 0 Å². The molecule has 14 heteroatoms. The van der Waals surface area contributed by atoms with Gasteiger partial charge in [0, 0.05) is 47.3 Å². The number of alkyl halides is 3. The first-order valence-electron chi connectivity index (χ1n) is 9.16. The van der Waals surface area contributed by atoms with Crippen molar-refractivity contribution in [3.63, 3.8) is 0 Å². The van der Waals surface area contributed by atoms with Crippen molar-refractivity contribution in [3.05, 3.63) is 76.6 Å². The standard InChI is InChI=1S/C20H13ClF3N5O3S.Na/c1-10-6-15(29-33(31,32)11-2-3-14(21)13(7-11)20(22,23)24)17(26-8-10)18(30)16-12-4-5-25-19(12)28-9-27-16;/h2-9,29H,1H3,(H,25,27,28);. The third-order valence-electron chi connectivity index (χ3n) is 4.61. The summed E-state index contributed by atoms with van der Waals surface area (Å²) in [5, 5.41) is -0.250. The Labute approximate surface area is 218 Å². The summed E-state index contributed by atoms with van der Waals surface area (Å²) < 4.78 is 67.5. The van der Waals surface area contributed by atoms with E-state index in [4.69, 9.17) is 11.6 Å². The summed E-state index contributed by atoms with van der Waals surface area (Å²) in [4.78, 5) is 27.3. The molecule has 0 unspecified atom stereocenters. The summed E-state index contributed by atoms with van der Waals surface area (Å²) in [5.41, 5.74) is -0.930. The van der Waals surface area contributed by atoms with Crippen molar-refractivity contribution in [3.8, 4) is 0 Å².